The van der Waals surface area contributed by atoms with Gasteiger partial charge in [-0.3, -0.25) is 10.1 Å². The maximum Gasteiger partial charge on any atom is 0.250 e. The van der Waals surface area contributed by atoms with E-state index in [9.17, 15) is 4.79 Å². The normalized spacial score (nSPS) is 10.2. The van der Waals surface area contributed by atoms with Crippen LogP contribution in [0.3, 0.4) is 0 Å². The number of nitrogens with zero attached hydrogens (tertiary/aromatic N) is 4. The van der Waals surface area contributed by atoms with Crippen LogP contribution in [-0.4, -0.2) is 27.9 Å². The Morgan fingerprint density at radius 1 is 1.25 bits per heavy atom. The summed E-state index contributed by atoms with van der Waals surface area (Å²) in [6.45, 7) is 3.82. The van der Waals surface area contributed by atoms with Crippen molar-refractivity contribution in [2.24, 2.45) is 0 Å². The molecule has 0 saturated heterocycles. The molecular formula is C20H18ClN5O2. The molecule has 0 saturated carbocycles. The number of carbonyl (C=O) groups excluding carboxylic acids is 1. The van der Waals surface area contributed by atoms with E-state index in [2.05, 4.69) is 26.8 Å². The SMILES string of the molecule is C=CC(=O)Nc1ncnc(N(C)c2ccc(OCc3ccccc3)c(Cl)c2)n1. The molecule has 0 unspecified atom stereocenters. The first-order valence-corrected chi connectivity index (χ1v) is 8.77. The Kier molecular flexibility index (Phi) is 6.18. The van der Waals surface area contributed by atoms with E-state index in [1.54, 1.807) is 24.1 Å². The Morgan fingerprint density at radius 2 is 2.04 bits per heavy atom. The number of halogens is 1. The van der Waals surface area contributed by atoms with Crippen LogP contribution >= 0.6 is 11.6 Å². The lowest BCUT2D eigenvalue weighted by Crippen LogP contribution is -2.16. The highest BCUT2D eigenvalue weighted by molar-refractivity contribution is 6.32. The number of anilines is 3. The van der Waals surface area contributed by atoms with Crippen LogP contribution in [0.15, 0.2) is 67.5 Å². The zero-order chi connectivity index (χ0) is 19.9. The monoisotopic (exact) mass is 395 g/mol. The van der Waals surface area contributed by atoms with Crippen molar-refractivity contribution in [2.45, 2.75) is 6.61 Å². The van der Waals surface area contributed by atoms with E-state index in [0.29, 0.717) is 23.3 Å². The maximum atomic E-state index is 11.4. The van der Waals surface area contributed by atoms with E-state index in [1.165, 1.54) is 6.33 Å². The Morgan fingerprint density at radius 3 is 2.75 bits per heavy atom. The number of benzene rings is 2. The molecule has 0 aliphatic heterocycles. The molecule has 1 heterocycles. The average molecular weight is 396 g/mol. The molecule has 0 aliphatic rings. The summed E-state index contributed by atoms with van der Waals surface area (Å²) in [5, 5.41) is 2.97. The van der Waals surface area contributed by atoms with Gasteiger partial charge >= 0.3 is 0 Å². The summed E-state index contributed by atoms with van der Waals surface area (Å²) >= 11 is 6.37. The number of amides is 1. The van der Waals surface area contributed by atoms with Crippen molar-refractivity contribution in [3.63, 3.8) is 0 Å². The van der Waals surface area contributed by atoms with Crippen molar-refractivity contribution < 1.29 is 9.53 Å². The molecule has 2 aromatic carbocycles. The van der Waals surface area contributed by atoms with Gasteiger partial charge in [-0.05, 0) is 29.8 Å². The minimum atomic E-state index is -0.400. The number of carbonyl (C=O) groups is 1. The summed E-state index contributed by atoms with van der Waals surface area (Å²) < 4.78 is 5.79. The molecule has 3 aromatic rings. The predicted octanol–water partition coefficient (Wildman–Crippen LogP) is 4.00. The number of aromatic nitrogens is 3. The van der Waals surface area contributed by atoms with Gasteiger partial charge in [0.1, 0.15) is 18.7 Å². The van der Waals surface area contributed by atoms with Gasteiger partial charge in [-0.2, -0.15) is 4.98 Å². The van der Waals surface area contributed by atoms with Gasteiger partial charge in [-0.1, -0.05) is 48.5 Å². The van der Waals surface area contributed by atoms with Crippen LogP contribution in [0.2, 0.25) is 5.02 Å². The molecule has 0 radical (unpaired) electrons. The van der Waals surface area contributed by atoms with Crippen molar-refractivity contribution in [2.75, 3.05) is 17.3 Å². The Hall–Kier alpha value is -3.45. The highest BCUT2D eigenvalue weighted by Crippen LogP contribution is 2.31. The molecule has 8 heteroatoms. The van der Waals surface area contributed by atoms with Crippen LogP contribution in [0, 0.1) is 0 Å². The maximum absolute atomic E-state index is 11.4. The Bertz CT molecular complexity index is 981. The predicted molar refractivity (Wildman–Crippen MR) is 109 cm³/mol. The molecule has 142 valence electrons. The van der Waals surface area contributed by atoms with E-state index in [0.717, 1.165) is 17.3 Å². The van der Waals surface area contributed by atoms with Gasteiger partial charge in [0.2, 0.25) is 17.8 Å². The van der Waals surface area contributed by atoms with Crippen LogP contribution in [0.25, 0.3) is 0 Å². The average Bonchev–Trinajstić information content (AvgIpc) is 2.73. The molecule has 0 fully saturated rings. The summed E-state index contributed by atoms with van der Waals surface area (Å²) in [5.41, 5.74) is 1.81. The number of hydrogen-bond acceptors (Lipinski definition) is 6. The van der Waals surface area contributed by atoms with Gasteiger partial charge in [0.05, 0.1) is 5.02 Å². The number of hydrogen-bond donors (Lipinski definition) is 1. The highest BCUT2D eigenvalue weighted by Gasteiger charge is 2.12. The molecular weight excluding hydrogens is 378 g/mol. The first-order chi connectivity index (χ1) is 13.6. The second-order valence-electron chi connectivity index (χ2n) is 5.75. The molecule has 3 rings (SSSR count). The first-order valence-electron chi connectivity index (χ1n) is 8.39. The lowest BCUT2D eigenvalue weighted by Gasteiger charge is -2.18. The van der Waals surface area contributed by atoms with Crippen molar-refractivity contribution in [1.29, 1.82) is 0 Å². The molecule has 1 amide bonds. The third kappa shape index (κ3) is 4.83. The zero-order valence-electron chi connectivity index (χ0n) is 15.2. The van der Waals surface area contributed by atoms with Crippen LogP contribution in [0.4, 0.5) is 17.6 Å². The Balaban J connectivity index is 1.73. The molecule has 7 nitrogen and oxygen atoms in total. The fourth-order valence-electron chi connectivity index (χ4n) is 2.34. The molecule has 28 heavy (non-hydrogen) atoms. The number of rotatable bonds is 7. The fourth-order valence-corrected chi connectivity index (χ4v) is 2.57. The largest absolute Gasteiger partial charge is 0.487 e. The van der Waals surface area contributed by atoms with Crippen molar-refractivity contribution in [1.82, 2.24) is 15.0 Å². The number of ether oxygens (including phenoxy) is 1. The van der Waals surface area contributed by atoms with Crippen molar-refractivity contribution >= 4 is 35.1 Å². The van der Waals surface area contributed by atoms with E-state index < -0.39 is 5.91 Å². The summed E-state index contributed by atoms with van der Waals surface area (Å²) in [6, 6.07) is 15.2. The fraction of sp³-hybridized carbons (Fsp3) is 0.100. The van der Waals surface area contributed by atoms with Gasteiger partial charge < -0.3 is 9.64 Å². The topological polar surface area (TPSA) is 80.2 Å². The molecule has 0 atom stereocenters. The third-order valence-electron chi connectivity index (χ3n) is 3.82. The summed E-state index contributed by atoms with van der Waals surface area (Å²) in [4.78, 5) is 25.4. The smallest absolute Gasteiger partial charge is 0.250 e. The van der Waals surface area contributed by atoms with E-state index >= 15 is 0 Å². The van der Waals surface area contributed by atoms with Gasteiger partial charge in [0, 0.05) is 12.7 Å². The minimum Gasteiger partial charge on any atom is -0.487 e. The van der Waals surface area contributed by atoms with Crippen molar-refractivity contribution in [3.05, 3.63) is 78.1 Å². The molecule has 0 bridgehead atoms. The van der Waals surface area contributed by atoms with E-state index in [1.807, 2.05) is 36.4 Å². The van der Waals surface area contributed by atoms with Gasteiger partial charge in [0.25, 0.3) is 0 Å². The summed E-state index contributed by atoms with van der Waals surface area (Å²) in [5.74, 6) is 0.666. The highest BCUT2D eigenvalue weighted by atomic mass is 35.5. The lowest BCUT2D eigenvalue weighted by molar-refractivity contribution is -0.111. The minimum absolute atomic E-state index is 0.135. The Labute approximate surface area is 167 Å². The van der Waals surface area contributed by atoms with Crippen LogP contribution in [0.1, 0.15) is 5.56 Å². The molecule has 1 aromatic heterocycles. The molecule has 0 aliphatic carbocycles. The summed E-state index contributed by atoms with van der Waals surface area (Å²) in [6.07, 6.45) is 2.46. The zero-order valence-corrected chi connectivity index (χ0v) is 15.9. The quantitative estimate of drug-likeness (QED) is 0.609. The van der Waals surface area contributed by atoms with Crippen LogP contribution in [0.5, 0.6) is 5.75 Å². The molecule has 1 N–H and O–H groups in total. The summed E-state index contributed by atoms with van der Waals surface area (Å²) in [7, 11) is 1.78. The number of nitrogens with one attached hydrogen (secondary N) is 1. The first kappa shape index (κ1) is 19.3. The van der Waals surface area contributed by atoms with Crippen LogP contribution in [-0.2, 0) is 11.4 Å². The third-order valence-corrected chi connectivity index (χ3v) is 4.11. The van der Waals surface area contributed by atoms with Gasteiger partial charge in [0.15, 0.2) is 0 Å². The standard InChI is InChI=1S/C20H18ClN5O2/c1-3-18(27)24-19-22-13-23-20(25-19)26(2)15-9-10-17(16(21)11-15)28-12-14-7-5-4-6-8-14/h3-11,13H,1,12H2,2H3,(H,22,23,24,25,27). The van der Waals surface area contributed by atoms with E-state index in [4.69, 9.17) is 16.3 Å². The van der Waals surface area contributed by atoms with Gasteiger partial charge in [-0.15, -0.1) is 0 Å². The van der Waals surface area contributed by atoms with E-state index in [-0.39, 0.29) is 5.95 Å². The second-order valence-corrected chi connectivity index (χ2v) is 6.16. The van der Waals surface area contributed by atoms with Crippen molar-refractivity contribution in [3.8, 4) is 5.75 Å². The lowest BCUT2D eigenvalue weighted by atomic mass is 10.2. The molecule has 0 spiro atoms. The second kappa shape index (κ2) is 8.96. The van der Waals surface area contributed by atoms with Gasteiger partial charge in [-0.25, -0.2) is 9.97 Å². The van der Waals surface area contributed by atoms with Crippen LogP contribution < -0.4 is 15.0 Å².